The molecule has 0 spiro atoms. The first kappa shape index (κ1) is 34.3. The summed E-state index contributed by atoms with van der Waals surface area (Å²) >= 11 is 0.958. The summed E-state index contributed by atoms with van der Waals surface area (Å²) < 4.78 is 10.0. The molecule has 2 aliphatic rings. The molecule has 18 nitrogen and oxygen atoms in total. The number of hydrogen-bond donors (Lipinski definition) is 2. The molecule has 3 heterocycles. The first-order valence-corrected chi connectivity index (χ1v) is 13.2. The van der Waals surface area contributed by atoms with E-state index in [9.17, 15) is 39.2 Å². The number of nitrogens with one attached hydrogen (secondary N) is 1. The van der Waals surface area contributed by atoms with Gasteiger partial charge in [-0.05, 0) is 31.5 Å². The molecule has 3 N–H and O–H groups in total. The van der Waals surface area contributed by atoms with E-state index in [4.69, 9.17) is 24.9 Å². The van der Waals surface area contributed by atoms with Gasteiger partial charge in [-0.1, -0.05) is 5.16 Å². The van der Waals surface area contributed by atoms with Gasteiger partial charge < -0.3 is 35.3 Å². The molecule has 2 aliphatic heterocycles. The Balaban J connectivity index is 0.00000529. The number of anilines is 1. The van der Waals surface area contributed by atoms with Crippen LogP contribution in [0.25, 0.3) is 0 Å². The normalized spacial score (nSPS) is 20.0. The van der Waals surface area contributed by atoms with Crippen molar-refractivity contribution in [1.29, 1.82) is 0 Å². The summed E-state index contributed by atoms with van der Waals surface area (Å²) in [4.78, 5) is 87.0. The number of non-ortho nitro benzene ring substituents is 1. The van der Waals surface area contributed by atoms with Crippen LogP contribution in [0.4, 0.5) is 10.8 Å². The first-order valence-electron chi connectivity index (χ1n) is 12.3. The number of rotatable bonds is 11. The van der Waals surface area contributed by atoms with Gasteiger partial charge in [-0.15, -0.1) is 11.3 Å². The van der Waals surface area contributed by atoms with E-state index in [2.05, 4.69) is 15.5 Å². The number of cyclic esters (lactones) is 1. The van der Waals surface area contributed by atoms with Crippen LogP contribution in [0.3, 0.4) is 0 Å². The second kappa shape index (κ2) is 13.6. The SMILES string of the molecule is CC(C)(O/N=C(\C(=O)N[C@H]1CON(C2(C(=O)[O-])CCC(=O)O2)C1=O)c1csc(N)n1)C(=O)OCc1ccc([N+](=O)[O-])cc1.[Na+]. The Hall–Kier alpha value is -4.17. The van der Waals surface area contributed by atoms with Crippen molar-refractivity contribution in [3.63, 3.8) is 0 Å². The number of benzene rings is 1. The minimum atomic E-state index is -2.49. The third kappa shape index (κ3) is 7.30. The zero-order valence-corrected chi connectivity index (χ0v) is 26.3. The van der Waals surface area contributed by atoms with E-state index in [0.29, 0.717) is 10.6 Å². The number of oxime groups is 1. The first-order chi connectivity index (χ1) is 20.2. The van der Waals surface area contributed by atoms with Crippen molar-refractivity contribution in [2.45, 2.75) is 50.7 Å². The number of hydrogen-bond acceptors (Lipinski definition) is 16. The quantitative estimate of drug-likeness (QED) is 0.0777. The number of thiazole rings is 1. The number of esters is 2. The predicted molar refractivity (Wildman–Crippen MR) is 139 cm³/mol. The molecule has 2 atom stereocenters. The molecule has 44 heavy (non-hydrogen) atoms. The Bertz CT molecular complexity index is 1510. The number of ether oxygens (including phenoxy) is 2. The number of carboxylic acid groups (broad SMARTS) is 1. The molecule has 1 unspecified atom stereocenters. The standard InChI is InChI=1S/C24H24N6O12S.Na/c1-23(2,21(36)39-9-12-3-5-13(6-4-12)30(37)38)42-28-17(15-11-43-22(25)27-15)18(32)26-14-10-40-29(19(14)33)24(20(34)35)8-7-16(31)41-24;/h3-6,11,14H,7-10H2,1-2H3,(H2,25,27)(H,26,32)(H,34,35);/q;+1/p-1/b28-17-;/t14-,24?;/m0./s1. The second-order valence-corrected chi connectivity index (χ2v) is 10.5. The maximum Gasteiger partial charge on any atom is 1.00 e. The van der Waals surface area contributed by atoms with Crippen LogP contribution < -0.4 is 45.7 Å². The smallest absolute Gasteiger partial charge is 0.544 e. The molecule has 2 saturated heterocycles. The molecule has 2 fully saturated rings. The van der Waals surface area contributed by atoms with Crippen LogP contribution in [0.5, 0.6) is 0 Å². The van der Waals surface area contributed by atoms with Crippen molar-refractivity contribution < 1.29 is 82.7 Å². The average molecular weight is 643 g/mol. The van der Waals surface area contributed by atoms with Gasteiger partial charge in [0.25, 0.3) is 23.2 Å². The number of nitrogen functional groups attached to an aromatic ring is 1. The maximum atomic E-state index is 13.2. The summed E-state index contributed by atoms with van der Waals surface area (Å²) in [5.41, 5.74) is 1.17. The van der Waals surface area contributed by atoms with Crippen LogP contribution >= 0.6 is 11.3 Å². The topological polar surface area (TPSA) is 255 Å². The number of aromatic nitrogens is 1. The Morgan fingerprint density at radius 2 is 1.98 bits per heavy atom. The number of nitro benzene ring substituents is 1. The van der Waals surface area contributed by atoms with E-state index < -0.39 is 70.8 Å². The number of carbonyl (C=O) groups is 5. The fourth-order valence-electron chi connectivity index (χ4n) is 3.80. The summed E-state index contributed by atoms with van der Waals surface area (Å²) in [6.45, 7) is 1.83. The van der Waals surface area contributed by atoms with E-state index >= 15 is 0 Å². The van der Waals surface area contributed by atoms with Crippen LogP contribution in [0.1, 0.15) is 37.9 Å². The molecule has 0 aliphatic carbocycles. The van der Waals surface area contributed by atoms with Gasteiger partial charge in [-0.25, -0.2) is 9.78 Å². The van der Waals surface area contributed by atoms with Crippen molar-refractivity contribution in [2.75, 3.05) is 12.3 Å². The zero-order valence-electron chi connectivity index (χ0n) is 23.5. The van der Waals surface area contributed by atoms with Crippen molar-refractivity contribution in [1.82, 2.24) is 15.4 Å². The van der Waals surface area contributed by atoms with Crippen LogP contribution in [0.15, 0.2) is 34.8 Å². The second-order valence-electron chi connectivity index (χ2n) is 9.61. The summed E-state index contributed by atoms with van der Waals surface area (Å²) in [5.74, 6) is -5.74. The van der Waals surface area contributed by atoms with Gasteiger partial charge in [0.1, 0.15) is 30.9 Å². The van der Waals surface area contributed by atoms with Gasteiger partial charge in [-0.2, -0.15) is 5.06 Å². The number of amides is 2. The molecule has 4 rings (SSSR count). The van der Waals surface area contributed by atoms with Crippen molar-refractivity contribution in [3.05, 3.63) is 51.0 Å². The van der Waals surface area contributed by atoms with E-state index in [0.717, 1.165) is 11.3 Å². The molecule has 0 bridgehead atoms. The summed E-state index contributed by atoms with van der Waals surface area (Å²) in [7, 11) is 0. The third-order valence-corrected chi connectivity index (χ3v) is 6.80. The minimum absolute atomic E-state index is 0. The number of nitrogens with zero attached hydrogens (tertiary/aromatic N) is 4. The van der Waals surface area contributed by atoms with E-state index in [1.807, 2.05) is 0 Å². The van der Waals surface area contributed by atoms with Gasteiger partial charge >= 0.3 is 41.5 Å². The van der Waals surface area contributed by atoms with Gasteiger partial charge in [0.2, 0.25) is 5.60 Å². The monoisotopic (exact) mass is 642 g/mol. The third-order valence-electron chi connectivity index (χ3n) is 6.13. The number of carbonyl (C=O) groups excluding carboxylic acids is 5. The van der Waals surface area contributed by atoms with Gasteiger partial charge in [0, 0.05) is 23.9 Å². The van der Waals surface area contributed by atoms with Crippen molar-refractivity contribution in [2.24, 2.45) is 5.16 Å². The van der Waals surface area contributed by atoms with Crippen LogP contribution in [-0.2, 0) is 49.7 Å². The van der Waals surface area contributed by atoms with Gasteiger partial charge in [0.15, 0.2) is 10.8 Å². The molecule has 20 heteroatoms. The predicted octanol–water partition coefficient (Wildman–Crippen LogP) is -4.08. The zero-order chi connectivity index (χ0) is 31.5. The number of nitrogens with two attached hydrogens (primary N) is 1. The Morgan fingerprint density at radius 1 is 1.30 bits per heavy atom. The molecule has 2 aromatic rings. The summed E-state index contributed by atoms with van der Waals surface area (Å²) in [6, 6.07) is 3.87. The Labute approximate surface area is 273 Å². The number of hydroxylamine groups is 2. The minimum Gasteiger partial charge on any atom is -0.544 e. The Kier molecular flexibility index (Phi) is 10.6. The number of aliphatic carboxylic acids is 1. The molecule has 0 radical (unpaired) electrons. The van der Waals surface area contributed by atoms with Crippen LogP contribution in [0.2, 0.25) is 0 Å². The van der Waals surface area contributed by atoms with Gasteiger partial charge in [-0.3, -0.25) is 29.3 Å². The molecule has 0 saturated carbocycles. The fourth-order valence-corrected chi connectivity index (χ4v) is 4.35. The molecular formula is C24H23N6NaO12S. The maximum absolute atomic E-state index is 13.2. The average Bonchev–Trinajstić information content (AvgIpc) is 3.66. The summed E-state index contributed by atoms with van der Waals surface area (Å²) in [5, 5.41) is 30.4. The molecular weight excluding hydrogens is 619 g/mol. The van der Waals surface area contributed by atoms with Crippen LogP contribution in [0, 0.1) is 10.1 Å². The largest absolute Gasteiger partial charge is 1.00 e. The molecule has 228 valence electrons. The van der Waals surface area contributed by atoms with Crippen LogP contribution in [-0.4, -0.2) is 74.4 Å². The number of nitro groups is 1. The van der Waals surface area contributed by atoms with E-state index in [-0.39, 0.29) is 59.1 Å². The van der Waals surface area contributed by atoms with Crippen molar-refractivity contribution >= 4 is 57.6 Å². The molecule has 2 amide bonds. The van der Waals surface area contributed by atoms with Crippen molar-refractivity contribution in [3.8, 4) is 0 Å². The number of carboxylic acids is 1. The Morgan fingerprint density at radius 3 is 2.52 bits per heavy atom. The molecule has 1 aromatic heterocycles. The van der Waals surface area contributed by atoms with E-state index in [1.165, 1.54) is 43.5 Å². The summed E-state index contributed by atoms with van der Waals surface area (Å²) in [6.07, 6.45) is -0.724. The van der Waals surface area contributed by atoms with E-state index in [1.54, 1.807) is 0 Å². The fraction of sp³-hybridized carbons (Fsp3) is 0.375. The van der Waals surface area contributed by atoms with Gasteiger partial charge in [0.05, 0.1) is 11.3 Å². The molecule has 1 aromatic carbocycles.